The van der Waals surface area contributed by atoms with Crippen molar-refractivity contribution < 1.29 is 4.74 Å². The summed E-state index contributed by atoms with van der Waals surface area (Å²) in [4.78, 5) is 0. The fourth-order valence-corrected chi connectivity index (χ4v) is 1.72. The van der Waals surface area contributed by atoms with Crippen LogP contribution in [0.1, 0.15) is 13.3 Å². The lowest BCUT2D eigenvalue weighted by Gasteiger charge is -2.03. The van der Waals surface area contributed by atoms with Crippen molar-refractivity contribution >= 4 is 16.7 Å². The normalized spacial score (nSPS) is 11.1. The van der Waals surface area contributed by atoms with Gasteiger partial charge in [-0.2, -0.15) is 5.10 Å². The molecule has 0 spiro atoms. The van der Waals surface area contributed by atoms with Gasteiger partial charge in [0.25, 0.3) is 0 Å². The number of hydrogen-bond donors (Lipinski definition) is 1. The van der Waals surface area contributed by atoms with Crippen molar-refractivity contribution in [3.8, 4) is 0 Å². The third-order valence-electron chi connectivity index (χ3n) is 2.48. The van der Waals surface area contributed by atoms with E-state index >= 15 is 0 Å². The van der Waals surface area contributed by atoms with Crippen LogP contribution in [0.3, 0.4) is 0 Å². The fourth-order valence-electron chi connectivity index (χ4n) is 1.72. The van der Waals surface area contributed by atoms with Gasteiger partial charge in [-0.15, -0.1) is 0 Å². The highest BCUT2D eigenvalue weighted by atomic mass is 16.5. The number of fused-ring (bicyclic) bond motifs is 1. The molecule has 4 heteroatoms. The Bertz CT molecular complexity index is 464. The van der Waals surface area contributed by atoms with E-state index in [-0.39, 0.29) is 0 Å². The summed E-state index contributed by atoms with van der Waals surface area (Å²) in [6.45, 7) is 4.33. The van der Waals surface area contributed by atoms with Crippen molar-refractivity contribution in [3.63, 3.8) is 0 Å². The fraction of sp³-hybridized carbons (Fsp3) is 0.417. The molecule has 0 bridgehead atoms. The first-order valence-electron chi connectivity index (χ1n) is 5.61. The van der Waals surface area contributed by atoms with Gasteiger partial charge < -0.3 is 10.5 Å². The summed E-state index contributed by atoms with van der Waals surface area (Å²) in [5.74, 6) is 0.589. The lowest BCUT2D eigenvalue weighted by Crippen LogP contribution is -2.08. The van der Waals surface area contributed by atoms with Crippen LogP contribution >= 0.6 is 0 Å². The third kappa shape index (κ3) is 2.17. The lowest BCUT2D eigenvalue weighted by atomic mass is 10.2. The molecule has 0 saturated heterocycles. The Morgan fingerprint density at radius 2 is 2.12 bits per heavy atom. The van der Waals surface area contributed by atoms with Crippen LogP contribution < -0.4 is 5.73 Å². The van der Waals surface area contributed by atoms with Gasteiger partial charge in [0.2, 0.25) is 0 Å². The molecule has 0 saturated carbocycles. The SMILES string of the molecule is CCCOCCn1nc(N)c2ccccc21. The van der Waals surface area contributed by atoms with Gasteiger partial charge in [0.15, 0.2) is 5.82 Å². The molecule has 4 nitrogen and oxygen atoms in total. The van der Waals surface area contributed by atoms with Gasteiger partial charge in [-0.25, -0.2) is 0 Å². The monoisotopic (exact) mass is 219 g/mol. The number of rotatable bonds is 5. The van der Waals surface area contributed by atoms with E-state index < -0.39 is 0 Å². The zero-order valence-corrected chi connectivity index (χ0v) is 9.52. The molecule has 0 radical (unpaired) electrons. The maximum Gasteiger partial charge on any atom is 0.153 e. The first kappa shape index (κ1) is 11.0. The Labute approximate surface area is 95.0 Å². The predicted octanol–water partition coefficient (Wildman–Crippen LogP) is 2.05. The van der Waals surface area contributed by atoms with E-state index in [0.717, 1.165) is 30.5 Å². The van der Waals surface area contributed by atoms with Crippen molar-refractivity contribution in [2.24, 2.45) is 0 Å². The Kier molecular flexibility index (Phi) is 3.41. The number of nitrogens with zero attached hydrogens (tertiary/aromatic N) is 2. The van der Waals surface area contributed by atoms with E-state index in [1.807, 2.05) is 28.9 Å². The molecule has 0 fully saturated rings. The summed E-state index contributed by atoms with van der Waals surface area (Å²) in [6.07, 6.45) is 1.04. The molecule has 0 aliphatic rings. The minimum Gasteiger partial charge on any atom is -0.382 e. The van der Waals surface area contributed by atoms with Gasteiger partial charge in [0, 0.05) is 12.0 Å². The summed E-state index contributed by atoms with van der Waals surface area (Å²) in [7, 11) is 0. The number of benzene rings is 1. The minimum absolute atomic E-state index is 0.589. The van der Waals surface area contributed by atoms with E-state index in [9.17, 15) is 0 Å². The average Bonchev–Trinajstić information content (AvgIpc) is 2.63. The summed E-state index contributed by atoms with van der Waals surface area (Å²) in [5, 5.41) is 5.31. The summed E-state index contributed by atoms with van der Waals surface area (Å²) >= 11 is 0. The highest BCUT2D eigenvalue weighted by Crippen LogP contribution is 2.19. The first-order valence-corrected chi connectivity index (χ1v) is 5.61. The average molecular weight is 219 g/mol. The molecule has 1 aromatic carbocycles. The summed E-state index contributed by atoms with van der Waals surface area (Å²) in [5.41, 5.74) is 6.90. The van der Waals surface area contributed by atoms with Gasteiger partial charge in [-0.1, -0.05) is 19.1 Å². The Hall–Kier alpha value is -1.55. The quantitative estimate of drug-likeness (QED) is 0.783. The molecule has 0 unspecified atom stereocenters. The van der Waals surface area contributed by atoms with E-state index in [2.05, 4.69) is 12.0 Å². The zero-order valence-electron chi connectivity index (χ0n) is 9.52. The molecule has 2 rings (SSSR count). The number of hydrogen-bond acceptors (Lipinski definition) is 3. The number of nitrogens with two attached hydrogens (primary N) is 1. The van der Waals surface area contributed by atoms with Gasteiger partial charge in [-0.05, 0) is 18.6 Å². The van der Waals surface area contributed by atoms with Gasteiger partial charge in [-0.3, -0.25) is 4.68 Å². The summed E-state index contributed by atoms with van der Waals surface area (Å²) in [6, 6.07) is 7.98. The number of anilines is 1. The molecule has 0 aliphatic heterocycles. The Balaban J connectivity index is 2.12. The number of ether oxygens (including phenoxy) is 1. The number of aromatic nitrogens is 2. The van der Waals surface area contributed by atoms with Crippen LogP contribution in [-0.4, -0.2) is 23.0 Å². The number of para-hydroxylation sites is 1. The standard InChI is InChI=1S/C12H17N3O/c1-2-8-16-9-7-15-11-6-4-3-5-10(11)12(13)14-15/h3-6H,2,7-9H2,1H3,(H2,13,14). The third-order valence-corrected chi connectivity index (χ3v) is 2.48. The van der Waals surface area contributed by atoms with Crippen molar-refractivity contribution in [3.05, 3.63) is 24.3 Å². The van der Waals surface area contributed by atoms with Crippen LogP contribution in [0.5, 0.6) is 0 Å². The summed E-state index contributed by atoms with van der Waals surface area (Å²) < 4.78 is 7.35. The van der Waals surface area contributed by atoms with E-state index in [0.29, 0.717) is 12.4 Å². The lowest BCUT2D eigenvalue weighted by molar-refractivity contribution is 0.125. The van der Waals surface area contributed by atoms with Crippen LogP contribution in [0.25, 0.3) is 10.9 Å². The maximum absolute atomic E-state index is 5.83. The molecule has 2 aromatic rings. The molecule has 2 N–H and O–H groups in total. The second-order valence-corrected chi connectivity index (χ2v) is 3.74. The van der Waals surface area contributed by atoms with Crippen LogP contribution in [0.2, 0.25) is 0 Å². The molecular weight excluding hydrogens is 202 g/mol. The first-order chi connectivity index (χ1) is 7.83. The van der Waals surface area contributed by atoms with Crippen LogP contribution in [0, 0.1) is 0 Å². The highest BCUT2D eigenvalue weighted by molar-refractivity contribution is 5.88. The molecular formula is C12H17N3O. The second kappa shape index (κ2) is 4.99. The molecule has 16 heavy (non-hydrogen) atoms. The zero-order chi connectivity index (χ0) is 11.4. The van der Waals surface area contributed by atoms with Crippen LogP contribution in [0.15, 0.2) is 24.3 Å². The van der Waals surface area contributed by atoms with Crippen LogP contribution in [0.4, 0.5) is 5.82 Å². The largest absolute Gasteiger partial charge is 0.382 e. The molecule has 1 aromatic heterocycles. The van der Waals surface area contributed by atoms with E-state index in [1.54, 1.807) is 0 Å². The second-order valence-electron chi connectivity index (χ2n) is 3.74. The van der Waals surface area contributed by atoms with E-state index in [4.69, 9.17) is 10.5 Å². The topological polar surface area (TPSA) is 53.1 Å². The Morgan fingerprint density at radius 3 is 2.94 bits per heavy atom. The predicted molar refractivity (Wildman–Crippen MR) is 65.3 cm³/mol. The highest BCUT2D eigenvalue weighted by Gasteiger charge is 2.05. The van der Waals surface area contributed by atoms with Crippen molar-refractivity contribution in [1.29, 1.82) is 0 Å². The van der Waals surface area contributed by atoms with Gasteiger partial charge >= 0.3 is 0 Å². The molecule has 1 heterocycles. The molecule has 0 aliphatic carbocycles. The Morgan fingerprint density at radius 1 is 1.31 bits per heavy atom. The number of nitrogen functional groups attached to an aromatic ring is 1. The van der Waals surface area contributed by atoms with Gasteiger partial charge in [0.05, 0.1) is 18.7 Å². The molecule has 0 amide bonds. The smallest absolute Gasteiger partial charge is 0.153 e. The van der Waals surface area contributed by atoms with Crippen molar-refractivity contribution in [2.45, 2.75) is 19.9 Å². The molecule has 86 valence electrons. The van der Waals surface area contributed by atoms with Gasteiger partial charge in [0.1, 0.15) is 0 Å². The van der Waals surface area contributed by atoms with Crippen LogP contribution in [-0.2, 0) is 11.3 Å². The van der Waals surface area contributed by atoms with E-state index in [1.165, 1.54) is 0 Å². The van der Waals surface area contributed by atoms with Crippen molar-refractivity contribution in [1.82, 2.24) is 9.78 Å². The molecule has 0 atom stereocenters. The minimum atomic E-state index is 0.589. The van der Waals surface area contributed by atoms with Crippen molar-refractivity contribution in [2.75, 3.05) is 18.9 Å². The maximum atomic E-state index is 5.83.